The maximum atomic E-state index is 5.29. The Kier molecular flexibility index (Phi) is 3.29. The van der Waals surface area contributed by atoms with Crippen LogP contribution in [0.4, 0.5) is 0 Å². The van der Waals surface area contributed by atoms with Crippen molar-refractivity contribution in [3.05, 3.63) is 0 Å². The van der Waals surface area contributed by atoms with Gasteiger partial charge >= 0.3 is 0 Å². The lowest BCUT2D eigenvalue weighted by Gasteiger charge is -2.25. The van der Waals surface area contributed by atoms with Crippen LogP contribution in [-0.2, 0) is 4.74 Å². The molecule has 2 N–H and O–H groups in total. The fraction of sp³-hybridized carbons (Fsp3) is 0.875. The molecular formula is C8H16N2OS. The molecule has 1 atom stereocenters. The highest BCUT2D eigenvalue weighted by molar-refractivity contribution is 7.80. The molecule has 0 spiro atoms. The van der Waals surface area contributed by atoms with Crippen molar-refractivity contribution in [1.29, 1.82) is 0 Å². The molecule has 1 aliphatic rings. The topological polar surface area (TPSA) is 33.3 Å². The summed E-state index contributed by atoms with van der Waals surface area (Å²) in [4.78, 5) is 0. The predicted octanol–water partition coefficient (Wildman–Crippen LogP) is 0.649. The van der Waals surface area contributed by atoms with Gasteiger partial charge in [-0.15, -0.1) is 0 Å². The Morgan fingerprint density at radius 1 is 1.67 bits per heavy atom. The van der Waals surface area contributed by atoms with Crippen LogP contribution in [0.15, 0.2) is 0 Å². The Morgan fingerprint density at radius 2 is 2.42 bits per heavy atom. The van der Waals surface area contributed by atoms with Gasteiger partial charge in [-0.2, -0.15) is 0 Å². The van der Waals surface area contributed by atoms with E-state index >= 15 is 0 Å². The largest absolute Gasteiger partial charge is 0.379 e. The van der Waals surface area contributed by atoms with Gasteiger partial charge < -0.3 is 15.4 Å². The summed E-state index contributed by atoms with van der Waals surface area (Å²) in [6, 6.07) is 0. The minimum Gasteiger partial charge on any atom is -0.379 e. The van der Waals surface area contributed by atoms with E-state index in [0.29, 0.717) is 0 Å². The molecule has 1 unspecified atom stereocenters. The van der Waals surface area contributed by atoms with E-state index in [-0.39, 0.29) is 5.54 Å². The zero-order chi connectivity index (χ0) is 9.03. The van der Waals surface area contributed by atoms with Gasteiger partial charge in [0.25, 0.3) is 0 Å². The molecular weight excluding hydrogens is 172 g/mol. The normalized spacial score (nSPS) is 28.5. The van der Waals surface area contributed by atoms with Crippen LogP contribution in [0.5, 0.6) is 0 Å². The van der Waals surface area contributed by atoms with Crippen molar-refractivity contribution in [2.75, 3.05) is 19.8 Å². The van der Waals surface area contributed by atoms with E-state index in [1.54, 1.807) is 0 Å². The Balaban J connectivity index is 2.33. The first kappa shape index (κ1) is 9.74. The van der Waals surface area contributed by atoms with Crippen molar-refractivity contribution in [2.24, 2.45) is 0 Å². The van der Waals surface area contributed by atoms with Crippen LogP contribution in [0.2, 0.25) is 0 Å². The number of thiocarbonyl (C=S) groups is 1. The Bertz CT molecular complexity index is 166. The van der Waals surface area contributed by atoms with Crippen LogP contribution in [0, 0.1) is 0 Å². The van der Waals surface area contributed by atoms with Crippen molar-refractivity contribution in [2.45, 2.75) is 25.8 Å². The number of hydrogen-bond acceptors (Lipinski definition) is 2. The molecule has 0 saturated carbocycles. The summed E-state index contributed by atoms with van der Waals surface area (Å²) in [6.45, 7) is 6.60. The molecule has 0 aromatic heterocycles. The lowest BCUT2D eigenvalue weighted by molar-refractivity contribution is 0.177. The van der Waals surface area contributed by atoms with Gasteiger partial charge in [0.05, 0.1) is 12.1 Å². The monoisotopic (exact) mass is 188 g/mol. The average Bonchev–Trinajstić information content (AvgIpc) is 2.36. The summed E-state index contributed by atoms with van der Waals surface area (Å²) in [5.74, 6) is 0. The first-order valence-electron chi connectivity index (χ1n) is 4.30. The van der Waals surface area contributed by atoms with Crippen molar-refractivity contribution in [1.82, 2.24) is 10.6 Å². The van der Waals surface area contributed by atoms with E-state index in [9.17, 15) is 0 Å². The third kappa shape index (κ3) is 2.60. The van der Waals surface area contributed by atoms with Gasteiger partial charge in [0.2, 0.25) is 0 Å². The van der Waals surface area contributed by atoms with Crippen molar-refractivity contribution < 1.29 is 4.74 Å². The van der Waals surface area contributed by atoms with Crippen LogP contribution >= 0.6 is 12.2 Å². The molecule has 12 heavy (non-hydrogen) atoms. The zero-order valence-corrected chi connectivity index (χ0v) is 8.46. The average molecular weight is 188 g/mol. The predicted molar refractivity (Wildman–Crippen MR) is 53.3 cm³/mol. The third-order valence-corrected chi connectivity index (χ3v) is 2.22. The van der Waals surface area contributed by atoms with Gasteiger partial charge in [-0.25, -0.2) is 0 Å². The van der Waals surface area contributed by atoms with Crippen molar-refractivity contribution >= 4 is 17.3 Å². The molecule has 0 bridgehead atoms. The third-order valence-electron chi connectivity index (χ3n) is 1.97. The molecule has 1 rings (SSSR count). The SMILES string of the molecule is CCNC(=S)NC1(C)CCOC1. The quantitative estimate of drug-likeness (QED) is 0.623. The molecule has 0 aliphatic carbocycles. The summed E-state index contributed by atoms with van der Waals surface area (Å²) in [7, 11) is 0. The van der Waals surface area contributed by atoms with Crippen LogP contribution in [0.25, 0.3) is 0 Å². The summed E-state index contributed by atoms with van der Waals surface area (Å²) >= 11 is 5.08. The van der Waals surface area contributed by atoms with Crippen LogP contribution in [0.1, 0.15) is 20.3 Å². The van der Waals surface area contributed by atoms with Gasteiger partial charge in [-0.1, -0.05) is 0 Å². The highest BCUT2D eigenvalue weighted by atomic mass is 32.1. The standard InChI is InChI=1S/C8H16N2OS/c1-3-9-7(12)10-8(2)4-5-11-6-8/h3-6H2,1-2H3,(H2,9,10,12). The minimum absolute atomic E-state index is 0.0409. The number of rotatable bonds is 2. The first-order chi connectivity index (χ1) is 5.66. The van der Waals surface area contributed by atoms with Gasteiger partial charge in [0.1, 0.15) is 0 Å². The molecule has 1 saturated heterocycles. The van der Waals surface area contributed by atoms with Crippen molar-refractivity contribution in [3.8, 4) is 0 Å². The molecule has 0 aromatic carbocycles. The molecule has 70 valence electrons. The second kappa shape index (κ2) is 4.05. The fourth-order valence-corrected chi connectivity index (χ4v) is 1.64. The second-order valence-corrected chi connectivity index (χ2v) is 3.76. The van der Waals surface area contributed by atoms with Gasteiger partial charge in [0, 0.05) is 13.2 Å². The van der Waals surface area contributed by atoms with Gasteiger partial charge in [-0.3, -0.25) is 0 Å². The molecule has 1 fully saturated rings. The first-order valence-corrected chi connectivity index (χ1v) is 4.71. The lowest BCUT2D eigenvalue weighted by atomic mass is 10.0. The van der Waals surface area contributed by atoms with E-state index in [0.717, 1.165) is 31.3 Å². The van der Waals surface area contributed by atoms with E-state index in [1.165, 1.54) is 0 Å². The van der Waals surface area contributed by atoms with E-state index in [2.05, 4.69) is 17.6 Å². The lowest BCUT2D eigenvalue weighted by Crippen LogP contribution is -2.50. The minimum atomic E-state index is 0.0409. The molecule has 1 aliphatic heterocycles. The van der Waals surface area contributed by atoms with Crippen LogP contribution in [-0.4, -0.2) is 30.4 Å². The number of hydrogen-bond donors (Lipinski definition) is 2. The molecule has 3 nitrogen and oxygen atoms in total. The second-order valence-electron chi connectivity index (χ2n) is 3.35. The summed E-state index contributed by atoms with van der Waals surface area (Å²) in [5, 5.41) is 7.04. The Hall–Kier alpha value is -0.350. The molecule has 1 heterocycles. The van der Waals surface area contributed by atoms with E-state index < -0.39 is 0 Å². The molecule has 0 amide bonds. The van der Waals surface area contributed by atoms with Crippen molar-refractivity contribution in [3.63, 3.8) is 0 Å². The van der Waals surface area contributed by atoms with Crippen LogP contribution in [0.3, 0.4) is 0 Å². The highest BCUT2D eigenvalue weighted by Gasteiger charge is 2.29. The maximum absolute atomic E-state index is 5.29. The molecule has 0 radical (unpaired) electrons. The highest BCUT2D eigenvalue weighted by Crippen LogP contribution is 2.16. The maximum Gasteiger partial charge on any atom is 0.166 e. The Morgan fingerprint density at radius 3 is 2.92 bits per heavy atom. The zero-order valence-electron chi connectivity index (χ0n) is 7.64. The summed E-state index contributed by atoms with van der Waals surface area (Å²) in [6.07, 6.45) is 1.03. The van der Waals surface area contributed by atoms with Crippen LogP contribution < -0.4 is 10.6 Å². The Labute approximate surface area is 78.9 Å². The number of ether oxygens (including phenoxy) is 1. The molecule has 0 aromatic rings. The number of nitrogens with one attached hydrogen (secondary N) is 2. The smallest absolute Gasteiger partial charge is 0.166 e. The van der Waals surface area contributed by atoms with Gasteiger partial charge in [0.15, 0.2) is 5.11 Å². The summed E-state index contributed by atoms with van der Waals surface area (Å²) in [5.41, 5.74) is 0.0409. The van der Waals surface area contributed by atoms with E-state index in [4.69, 9.17) is 17.0 Å². The fourth-order valence-electron chi connectivity index (χ4n) is 1.24. The summed E-state index contributed by atoms with van der Waals surface area (Å²) < 4.78 is 5.29. The molecule has 4 heteroatoms. The van der Waals surface area contributed by atoms with E-state index in [1.807, 2.05) is 6.92 Å². The van der Waals surface area contributed by atoms with Gasteiger partial charge in [-0.05, 0) is 32.5 Å².